The highest BCUT2D eigenvalue weighted by atomic mass is 19.4. The van der Waals surface area contributed by atoms with Crippen LogP contribution in [-0.2, 0) is 0 Å². The summed E-state index contributed by atoms with van der Waals surface area (Å²) in [6, 6.07) is 0. The lowest BCUT2D eigenvalue weighted by Gasteiger charge is -2.04. The molecule has 0 aromatic rings. The van der Waals surface area contributed by atoms with Crippen LogP contribution < -0.4 is 0 Å². The second kappa shape index (κ2) is 8.53. The number of rotatable bonds is 3. The fraction of sp³-hybridized carbons (Fsp3) is 0.500. The Kier molecular flexibility index (Phi) is 9.40. The molecule has 0 N–H and O–H groups in total. The molecule has 0 rings (SSSR count). The van der Waals surface area contributed by atoms with Gasteiger partial charge in [0, 0.05) is 11.9 Å². The highest BCUT2D eigenvalue weighted by Crippen LogP contribution is 2.20. The molecule has 0 aliphatic heterocycles. The first-order chi connectivity index (χ1) is 6.49. The van der Waals surface area contributed by atoms with Crippen molar-refractivity contribution in [2.45, 2.75) is 33.4 Å². The smallest absolute Gasteiger partial charge is 0.261 e. The minimum atomic E-state index is -4.21. The second-order valence-corrected chi connectivity index (χ2v) is 2.10. The van der Waals surface area contributed by atoms with E-state index in [4.69, 9.17) is 0 Å². The van der Waals surface area contributed by atoms with Crippen molar-refractivity contribution in [2.24, 2.45) is 4.99 Å². The van der Waals surface area contributed by atoms with Gasteiger partial charge < -0.3 is 0 Å². The standard InChI is InChI=1S/C8H10F3N.C2H6/c1-3-5-12-7(4-2)6-8(9,10)11;1-2/h3-5H,2,6H2,1H3;1-2H3/b5-3-,12-7?;. The Labute approximate surface area is 83.0 Å². The van der Waals surface area contributed by atoms with E-state index < -0.39 is 12.6 Å². The van der Waals surface area contributed by atoms with Gasteiger partial charge in [0.1, 0.15) is 0 Å². The van der Waals surface area contributed by atoms with Gasteiger partial charge in [0.2, 0.25) is 0 Å². The molecule has 0 aromatic carbocycles. The Morgan fingerprint density at radius 2 is 1.86 bits per heavy atom. The Balaban J connectivity index is 0. The molecule has 0 radical (unpaired) electrons. The van der Waals surface area contributed by atoms with Crippen molar-refractivity contribution in [2.75, 3.05) is 0 Å². The van der Waals surface area contributed by atoms with Crippen LogP contribution in [0, 0.1) is 0 Å². The van der Waals surface area contributed by atoms with E-state index in [0.717, 1.165) is 6.08 Å². The maximum atomic E-state index is 11.8. The van der Waals surface area contributed by atoms with Crippen molar-refractivity contribution in [3.05, 3.63) is 24.9 Å². The molecule has 0 aliphatic rings. The zero-order valence-corrected chi connectivity index (χ0v) is 8.73. The maximum Gasteiger partial charge on any atom is 0.394 e. The van der Waals surface area contributed by atoms with Crippen LogP contribution in [0.4, 0.5) is 13.2 Å². The summed E-state index contributed by atoms with van der Waals surface area (Å²) in [5.41, 5.74) is -0.0689. The molecule has 0 aromatic heterocycles. The summed E-state index contributed by atoms with van der Waals surface area (Å²) in [7, 11) is 0. The predicted octanol–water partition coefficient (Wildman–Crippen LogP) is 4.13. The lowest BCUT2D eigenvalue weighted by Crippen LogP contribution is -2.12. The first-order valence-corrected chi connectivity index (χ1v) is 4.36. The largest absolute Gasteiger partial charge is 0.394 e. The number of nitrogens with zero attached hydrogens (tertiary/aromatic N) is 1. The molecule has 1 nitrogen and oxygen atoms in total. The third-order valence-electron chi connectivity index (χ3n) is 1.01. The predicted molar refractivity (Wildman–Crippen MR) is 54.5 cm³/mol. The molecule has 0 unspecified atom stereocenters. The average molecular weight is 207 g/mol. The van der Waals surface area contributed by atoms with Crippen molar-refractivity contribution in [3.63, 3.8) is 0 Å². The van der Waals surface area contributed by atoms with Crippen LogP contribution in [0.25, 0.3) is 0 Å². The van der Waals surface area contributed by atoms with Gasteiger partial charge in [-0.05, 0) is 13.0 Å². The number of hydrogen-bond acceptors (Lipinski definition) is 1. The minimum Gasteiger partial charge on any atom is -0.261 e. The monoisotopic (exact) mass is 207 g/mol. The number of halogens is 3. The molecule has 0 amide bonds. The van der Waals surface area contributed by atoms with E-state index in [-0.39, 0.29) is 5.71 Å². The van der Waals surface area contributed by atoms with Gasteiger partial charge in [0.25, 0.3) is 0 Å². The average Bonchev–Trinajstić information content (AvgIpc) is 2.14. The third kappa shape index (κ3) is 10.9. The Bertz CT molecular complexity index is 202. The lowest BCUT2D eigenvalue weighted by molar-refractivity contribution is -0.121. The van der Waals surface area contributed by atoms with Crippen LogP contribution in [0.3, 0.4) is 0 Å². The zero-order valence-electron chi connectivity index (χ0n) is 8.73. The van der Waals surface area contributed by atoms with E-state index >= 15 is 0 Å². The van der Waals surface area contributed by atoms with Crippen molar-refractivity contribution >= 4 is 5.71 Å². The molecule has 14 heavy (non-hydrogen) atoms. The first kappa shape index (κ1) is 15.4. The third-order valence-corrected chi connectivity index (χ3v) is 1.01. The SMILES string of the molecule is C=CC(CC(F)(F)F)=N/C=C\C.CC. The van der Waals surface area contributed by atoms with Crippen LogP contribution in [-0.4, -0.2) is 11.9 Å². The summed E-state index contributed by atoms with van der Waals surface area (Å²) < 4.78 is 35.3. The number of aliphatic imine (C=N–C) groups is 1. The van der Waals surface area contributed by atoms with Crippen LogP contribution in [0.15, 0.2) is 29.9 Å². The molecule has 0 heterocycles. The molecular formula is C10H16F3N. The second-order valence-electron chi connectivity index (χ2n) is 2.10. The topological polar surface area (TPSA) is 12.4 Å². The summed E-state index contributed by atoms with van der Waals surface area (Å²) in [5, 5.41) is 0. The van der Waals surface area contributed by atoms with Crippen molar-refractivity contribution < 1.29 is 13.2 Å². The fourth-order valence-corrected chi connectivity index (χ4v) is 0.546. The van der Waals surface area contributed by atoms with E-state index in [1.54, 1.807) is 13.0 Å². The number of allylic oxidation sites excluding steroid dienone is 2. The molecule has 82 valence electrons. The van der Waals surface area contributed by atoms with Crippen molar-refractivity contribution in [1.29, 1.82) is 0 Å². The maximum absolute atomic E-state index is 11.8. The molecule has 4 heteroatoms. The molecule has 0 aliphatic carbocycles. The van der Waals surface area contributed by atoms with Gasteiger partial charge in [0.05, 0.1) is 6.42 Å². The number of hydrogen-bond donors (Lipinski definition) is 0. The van der Waals surface area contributed by atoms with E-state index in [0.29, 0.717) is 0 Å². The highest BCUT2D eigenvalue weighted by molar-refractivity contribution is 5.95. The molecule has 0 atom stereocenters. The van der Waals surface area contributed by atoms with Gasteiger partial charge in [-0.3, -0.25) is 4.99 Å². The molecular weight excluding hydrogens is 191 g/mol. The van der Waals surface area contributed by atoms with Crippen LogP contribution in [0.2, 0.25) is 0 Å². The molecule has 0 fully saturated rings. The Hall–Kier alpha value is -1.06. The molecule has 0 saturated heterocycles. The summed E-state index contributed by atoms with van der Waals surface area (Å²) in [6.45, 7) is 8.91. The van der Waals surface area contributed by atoms with E-state index in [1.165, 1.54) is 6.20 Å². The quantitative estimate of drug-likeness (QED) is 0.617. The number of alkyl halides is 3. The summed E-state index contributed by atoms with van der Waals surface area (Å²) in [4.78, 5) is 3.54. The highest BCUT2D eigenvalue weighted by Gasteiger charge is 2.28. The molecule has 0 bridgehead atoms. The molecule has 0 saturated carbocycles. The fourth-order valence-electron chi connectivity index (χ4n) is 0.546. The van der Waals surface area contributed by atoms with Crippen LogP contribution >= 0.6 is 0 Å². The minimum absolute atomic E-state index is 0.0689. The van der Waals surface area contributed by atoms with Crippen LogP contribution in [0.5, 0.6) is 0 Å². The van der Waals surface area contributed by atoms with E-state index in [2.05, 4.69) is 11.6 Å². The van der Waals surface area contributed by atoms with Gasteiger partial charge in [0.15, 0.2) is 0 Å². The summed E-state index contributed by atoms with van der Waals surface area (Å²) >= 11 is 0. The van der Waals surface area contributed by atoms with Gasteiger partial charge >= 0.3 is 6.18 Å². The lowest BCUT2D eigenvalue weighted by atomic mass is 10.2. The van der Waals surface area contributed by atoms with Gasteiger partial charge in [-0.1, -0.05) is 26.5 Å². The summed E-state index contributed by atoms with van der Waals surface area (Å²) in [5.74, 6) is 0. The van der Waals surface area contributed by atoms with Crippen LogP contribution in [0.1, 0.15) is 27.2 Å². The first-order valence-electron chi connectivity index (χ1n) is 4.36. The molecule has 0 spiro atoms. The summed E-state index contributed by atoms with van der Waals surface area (Å²) in [6.07, 6.45) is -1.27. The Morgan fingerprint density at radius 3 is 2.14 bits per heavy atom. The van der Waals surface area contributed by atoms with Gasteiger partial charge in [-0.15, -0.1) is 0 Å². The van der Waals surface area contributed by atoms with Crippen molar-refractivity contribution in [3.8, 4) is 0 Å². The Morgan fingerprint density at radius 1 is 1.36 bits per heavy atom. The zero-order chi connectivity index (χ0) is 11.6. The van der Waals surface area contributed by atoms with Crippen molar-refractivity contribution in [1.82, 2.24) is 0 Å². The normalized spacial score (nSPS) is 12.3. The van der Waals surface area contributed by atoms with Gasteiger partial charge in [-0.25, -0.2) is 0 Å². The van der Waals surface area contributed by atoms with E-state index in [1.807, 2.05) is 13.8 Å². The van der Waals surface area contributed by atoms with Gasteiger partial charge in [-0.2, -0.15) is 13.2 Å². The van der Waals surface area contributed by atoms with E-state index in [9.17, 15) is 13.2 Å².